The number of fused-ring (bicyclic) bond motifs is 2. The van der Waals surface area contributed by atoms with E-state index in [-0.39, 0.29) is 6.04 Å². The van der Waals surface area contributed by atoms with Gasteiger partial charge in [0.2, 0.25) is 5.95 Å². The third-order valence-electron chi connectivity index (χ3n) is 5.79. The lowest BCUT2D eigenvalue weighted by molar-refractivity contribution is 0.169. The van der Waals surface area contributed by atoms with Gasteiger partial charge < -0.3 is 15.5 Å². The van der Waals surface area contributed by atoms with Crippen molar-refractivity contribution in [2.75, 3.05) is 37.3 Å². The molecule has 1 atom stereocenters. The predicted molar refractivity (Wildman–Crippen MR) is 123 cm³/mol. The molecule has 0 aromatic carbocycles. The summed E-state index contributed by atoms with van der Waals surface area (Å²) in [6.45, 7) is 3.85. The molecule has 0 unspecified atom stereocenters. The molecule has 0 amide bonds. The Morgan fingerprint density at radius 2 is 1.94 bits per heavy atom. The highest BCUT2D eigenvalue weighted by atomic mass is 19.1. The number of aromatic nitrogens is 6. The van der Waals surface area contributed by atoms with Gasteiger partial charge in [0, 0.05) is 56.9 Å². The maximum Gasteiger partial charge on any atom is 0.243 e. The summed E-state index contributed by atoms with van der Waals surface area (Å²) >= 11 is 0. The number of likely N-dealkylation sites (tertiary alicyclic amines) is 1. The quantitative estimate of drug-likeness (QED) is 0.477. The molecule has 166 valence electrons. The number of halogens is 1. The van der Waals surface area contributed by atoms with Crippen molar-refractivity contribution in [2.45, 2.75) is 32.0 Å². The molecule has 1 fully saturated rings. The Morgan fingerprint density at radius 3 is 2.72 bits per heavy atom. The first-order valence-corrected chi connectivity index (χ1v) is 10.9. The fourth-order valence-corrected chi connectivity index (χ4v) is 4.27. The molecule has 2 N–H and O–H groups in total. The summed E-state index contributed by atoms with van der Waals surface area (Å²) < 4.78 is 15.1. The summed E-state index contributed by atoms with van der Waals surface area (Å²) in [6.07, 6.45) is 6.27. The molecule has 0 bridgehead atoms. The van der Waals surface area contributed by atoms with Crippen LogP contribution in [0.15, 0.2) is 36.8 Å². The van der Waals surface area contributed by atoms with Crippen LogP contribution >= 0.6 is 0 Å². The van der Waals surface area contributed by atoms with E-state index in [1.54, 1.807) is 19.3 Å². The van der Waals surface area contributed by atoms with Gasteiger partial charge in [0.05, 0.1) is 5.69 Å². The normalized spacial score (nSPS) is 16.5. The molecule has 32 heavy (non-hydrogen) atoms. The third kappa shape index (κ3) is 4.05. The second-order valence-electron chi connectivity index (χ2n) is 8.15. The molecule has 1 saturated heterocycles. The number of pyridine rings is 1. The zero-order chi connectivity index (χ0) is 22.1. The first-order valence-electron chi connectivity index (χ1n) is 10.9. The average molecular weight is 436 g/mol. The molecule has 0 aliphatic carbocycles. The summed E-state index contributed by atoms with van der Waals surface area (Å²) in [4.78, 5) is 20.2. The van der Waals surface area contributed by atoms with E-state index in [0.717, 1.165) is 48.2 Å². The number of anilines is 2. The van der Waals surface area contributed by atoms with Crippen LogP contribution < -0.4 is 10.6 Å². The van der Waals surface area contributed by atoms with Crippen LogP contribution in [-0.4, -0.2) is 73.3 Å². The lowest BCUT2D eigenvalue weighted by Crippen LogP contribution is -2.41. The molecule has 10 heteroatoms. The Bertz CT molecular complexity index is 1230. The maximum absolute atomic E-state index is 13.3. The summed E-state index contributed by atoms with van der Waals surface area (Å²) in [7, 11) is 1.85. The summed E-state index contributed by atoms with van der Waals surface area (Å²) in [5.74, 6) is 1.28. The Labute approximate surface area is 185 Å². The maximum atomic E-state index is 13.3. The molecule has 0 spiro atoms. The highest BCUT2D eigenvalue weighted by Gasteiger charge is 2.22. The summed E-state index contributed by atoms with van der Waals surface area (Å²) in [5.41, 5.74) is 3.91. The SMILES string of the molecule is CNc1nc(NC2CCN(C[C@H](C)F)CC2)nn2ccc(-c3ccc4nccnc4n3)c12. The predicted octanol–water partition coefficient (Wildman–Crippen LogP) is 3.01. The van der Waals surface area contributed by atoms with Crippen LogP contribution in [0, 0.1) is 0 Å². The minimum Gasteiger partial charge on any atom is -0.371 e. The molecular weight excluding hydrogens is 409 g/mol. The van der Waals surface area contributed by atoms with Gasteiger partial charge in [-0.15, -0.1) is 5.10 Å². The Kier molecular flexibility index (Phi) is 5.52. The first-order chi connectivity index (χ1) is 15.6. The molecule has 5 heterocycles. The van der Waals surface area contributed by atoms with Crippen LogP contribution in [0.2, 0.25) is 0 Å². The summed E-state index contributed by atoms with van der Waals surface area (Å²) in [5, 5.41) is 11.3. The monoisotopic (exact) mass is 435 g/mol. The third-order valence-corrected chi connectivity index (χ3v) is 5.79. The van der Waals surface area contributed by atoms with E-state index in [1.807, 2.05) is 36.0 Å². The molecule has 1 aliphatic rings. The molecular formula is C22H26FN9. The number of nitrogens with one attached hydrogen (secondary N) is 2. The van der Waals surface area contributed by atoms with E-state index in [4.69, 9.17) is 4.98 Å². The van der Waals surface area contributed by atoms with Gasteiger partial charge in [0.1, 0.15) is 17.2 Å². The van der Waals surface area contributed by atoms with E-state index in [9.17, 15) is 4.39 Å². The van der Waals surface area contributed by atoms with Crippen LogP contribution in [0.25, 0.3) is 27.9 Å². The second kappa shape index (κ2) is 8.62. The highest BCUT2D eigenvalue weighted by Crippen LogP contribution is 2.30. The van der Waals surface area contributed by atoms with Crippen LogP contribution in [0.3, 0.4) is 0 Å². The Balaban J connectivity index is 1.40. The van der Waals surface area contributed by atoms with Gasteiger partial charge in [-0.2, -0.15) is 4.98 Å². The summed E-state index contributed by atoms with van der Waals surface area (Å²) in [6, 6.07) is 6.10. The van der Waals surface area contributed by atoms with Crippen LogP contribution in [0.1, 0.15) is 19.8 Å². The number of rotatable bonds is 6. The number of nitrogens with zero attached hydrogens (tertiary/aromatic N) is 7. The van der Waals surface area contributed by atoms with Gasteiger partial charge in [-0.05, 0) is 38.0 Å². The van der Waals surface area contributed by atoms with Crippen molar-refractivity contribution in [3.8, 4) is 11.3 Å². The smallest absolute Gasteiger partial charge is 0.243 e. The van der Waals surface area contributed by atoms with Gasteiger partial charge in [-0.3, -0.25) is 4.98 Å². The average Bonchev–Trinajstić information content (AvgIpc) is 3.23. The van der Waals surface area contributed by atoms with E-state index < -0.39 is 6.17 Å². The topological polar surface area (TPSA) is 96.2 Å². The minimum atomic E-state index is -0.796. The Hall–Kier alpha value is -3.40. The molecule has 1 aliphatic heterocycles. The van der Waals surface area contributed by atoms with Gasteiger partial charge in [-0.25, -0.2) is 18.9 Å². The fourth-order valence-electron chi connectivity index (χ4n) is 4.27. The van der Waals surface area contributed by atoms with Gasteiger partial charge in [0.25, 0.3) is 0 Å². The zero-order valence-corrected chi connectivity index (χ0v) is 18.2. The number of alkyl halides is 1. The molecule has 0 saturated carbocycles. The van der Waals surface area contributed by atoms with Crippen molar-refractivity contribution < 1.29 is 4.39 Å². The molecule has 4 aromatic heterocycles. The lowest BCUT2D eigenvalue weighted by Gasteiger charge is -2.32. The standard InChI is InChI=1S/C22H26FN9/c1-14(23)13-31-10-5-15(6-11-31)27-22-29-21(24-2)19-16(7-12-32(19)30-22)17-3-4-18-20(28-17)26-9-8-25-18/h3-4,7-9,12,14-15H,5-6,10-11,13H2,1-2H3,(H2,24,27,29,30)/t14-/m0/s1. The van der Waals surface area contributed by atoms with Gasteiger partial charge in [0.15, 0.2) is 11.5 Å². The van der Waals surface area contributed by atoms with Crippen molar-refractivity contribution in [3.05, 3.63) is 36.8 Å². The van der Waals surface area contributed by atoms with Crippen LogP contribution in [0.5, 0.6) is 0 Å². The first kappa shape index (κ1) is 20.5. The zero-order valence-electron chi connectivity index (χ0n) is 18.2. The van der Waals surface area contributed by atoms with Crippen LogP contribution in [0.4, 0.5) is 16.2 Å². The van der Waals surface area contributed by atoms with E-state index >= 15 is 0 Å². The van der Waals surface area contributed by atoms with Crippen molar-refractivity contribution in [2.24, 2.45) is 0 Å². The molecule has 0 radical (unpaired) electrons. The number of hydrogen-bond donors (Lipinski definition) is 2. The largest absolute Gasteiger partial charge is 0.371 e. The van der Waals surface area contributed by atoms with Gasteiger partial charge in [-0.1, -0.05) is 0 Å². The van der Waals surface area contributed by atoms with E-state index in [0.29, 0.717) is 24.0 Å². The number of piperidine rings is 1. The second-order valence-corrected chi connectivity index (χ2v) is 8.15. The lowest BCUT2D eigenvalue weighted by atomic mass is 10.1. The van der Waals surface area contributed by atoms with Crippen molar-refractivity contribution in [3.63, 3.8) is 0 Å². The van der Waals surface area contributed by atoms with Crippen molar-refractivity contribution in [1.82, 2.24) is 34.4 Å². The minimum absolute atomic E-state index is 0.263. The van der Waals surface area contributed by atoms with E-state index in [2.05, 4.69) is 35.6 Å². The van der Waals surface area contributed by atoms with Crippen LogP contribution in [-0.2, 0) is 0 Å². The fraction of sp³-hybridized carbons (Fsp3) is 0.409. The Morgan fingerprint density at radius 1 is 1.12 bits per heavy atom. The highest BCUT2D eigenvalue weighted by molar-refractivity contribution is 5.89. The molecule has 4 aromatic rings. The van der Waals surface area contributed by atoms with Crippen molar-refractivity contribution >= 4 is 28.4 Å². The molecule has 9 nitrogen and oxygen atoms in total. The van der Waals surface area contributed by atoms with E-state index in [1.165, 1.54) is 0 Å². The molecule has 5 rings (SSSR count). The van der Waals surface area contributed by atoms with Crippen molar-refractivity contribution in [1.29, 1.82) is 0 Å². The number of hydrogen-bond acceptors (Lipinski definition) is 8. The van der Waals surface area contributed by atoms with Gasteiger partial charge >= 0.3 is 0 Å².